The molecule has 0 spiro atoms. The predicted molar refractivity (Wildman–Crippen MR) is 115 cm³/mol. The van der Waals surface area contributed by atoms with E-state index in [-0.39, 0.29) is 12.4 Å². The van der Waals surface area contributed by atoms with E-state index in [4.69, 9.17) is 0 Å². The van der Waals surface area contributed by atoms with Crippen molar-refractivity contribution in [3.63, 3.8) is 0 Å². The summed E-state index contributed by atoms with van der Waals surface area (Å²) in [5.41, 5.74) is 2.08. The molecule has 160 valence electrons. The van der Waals surface area contributed by atoms with Gasteiger partial charge in [0.2, 0.25) is 6.41 Å². The van der Waals surface area contributed by atoms with Crippen LogP contribution in [0.2, 0.25) is 0 Å². The van der Waals surface area contributed by atoms with E-state index < -0.39 is 17.9 Å². The van der Waals surface area contributed by atoms with E-state index in [2.05, 4.69) is 20.9 Å². The molecular weight excluding hydrogens is 423 g/mol. The van der Waals surface area contributed by atoms with Crippen LogP contribution in [-0.2, 0) is 14.4 Å². The van der Waals surface area contributed by atoms with Gasteiger partial charge in [-0.15, -0.1) is 11.3 Å². The largest absolute Gasteiger partial charge is 0.386 e. The highest BCUT2D eigenvalue weighted by molar-refractivity contribution is 7.15. The lowest BCUT2D eigenvalue weighted by Gasteiger charge is -2.11. The third-order valence-corrected chi connectivity index (χ3v) is 5.54. The maximum atomic E-state index is 13.1. The number of benzene rings is 2. The van der Waals surface area contributed by atoms with Crippen LogP contribution in [0.4, 0.5) is 15.8 Å². The number of carbonyl (C=O) groups excluding carboxylic acids is 3. The molecule has 3 rings (SSSR count). The molecule has 31 heavy (non-hydrogen) atoms. The molecule has 1 heterocycles. The van der Waals surface area contributed by atoms with E-state index in [1.807, 2.05) is 0 Å². The van der Waals surface area contributed by atoms with Crippen LogP contribution < -0.4 is 16.0 Å². The van der Waals surface area contributed by atoms with Gasteiger partial charge < -0.3 is 21.1 Å². The highest BCUT2D eigenvalue weighted by Gasteiger charge is 2.20. The number of aromatic nitrogens is 1. The lowest BCUT2D eigenvalue weighted by molar-refractivity contribution is -0.136. The van der Waals surface area contributed by atoms with Crippen LogP contribution in [0.5, 0.6) is 0 Å². The third-order valence-electron chi connectivity index (χ3n) is 4.23. The van der Waals surface area contributed by atoms with E-state index in [0.717, 1.165) is 0 Å². The second kappa shape index (κ2) is 9.92. The summed E-state index contributed by atoms with van der Waals surface area (Å²) in [7, 11) is 0. The van der Waals surface area contributed by atoms with Crippen molar-refractivity contribution >= 4 is 40.9 Å². The Labute approximate surface area is 181 Å². The standard InChI is InChI=1S/C21H19FN4O4S/c1-12-18(31-21(25-12)13-5-7-14(22)8-6-13)17(28)10-23-19(29)20(30)26-16-4-2-3-15(9-16)24-11-27/h2-9,11,17,28H,10H2,1H3,(H,23,29)(H,24,27)(H,26,30). The molecule has 2 aromatic carbocycles. The van der Waals surface area contributed by atoms with Crippen molar-refractivity contribution in [2.24, 2.45) is 0 Å². The Morgan fingerprint density at radius 2 is 1.87 bits per heavy atom. The topological polar surface area (TPSA) is 120 Å². The number of nitrogens with zero attached hydrogens (tertiary/aromatic N) is 1. The SMILES string of the molecule is Cc1nc(-c2ccc(F)cc2)sc1C(O)CNC(=O)C(=O)Nc1cccc(NC=O)c1. The minimum absolute atomic E-state index is 0.190. The first kappa shape index (κ1) is 22.1. The summed E-state index contributed by atoms with van der Waals surface area (Å²) in [6.07, 6.45) is -0.568. The number of hydrogen-bond donors (Lipinski definition) is 4. The van der Waals surface area contributed by atoms with Gasteiger partial charge in [0.25, 0.3) is 0 Å². The molecule has 0 saturated carbocycles. The quantitative estimate of drug-likeness (QED) is 0.331. The molecule has 0 aliphatic carbocycles. The monoisotopic (exact) mass is 442 g/mol. The van der Waals surface area contributed by atoms with Crippen LogP contribution in [0.25, 0.3) is 10.6 Å². The molecule has 8 nitrogen and oxygen atoms in total. The molecule has 0 bridgehead atoms. The number of hydrogen-bond acceptors (Lipinski definition) is 6. The second-order valence-electron chi connectivity index (χ2n) is 6.50. The molecule has 3 amide bonds. The van der Waals surface area contributed by atoms with Crippen LogP contribution in [-0.4, -0.2) is 34.9 Å². The van der Waals surface area contributed by atoms with Crippen LogP contribution in [0, 0.1) is 12.7 Å². The fourth-order valence-electron chi connectivity index (χ4n) is 2.74. The first-order valence-corrected chi connectivity index (χ1v) is 9.99. The van der Waals surface area contributed by atoms with Gasteiger partial charge in [-0.25, -0.2) is 9.37 Å². The molecule has 4 N–H and O–H groups in total. The molecule has 0 radical (unpaired) electrons. The number of aliphatic hydroxyl groups is 1. The number of amides is 3. The Morgan fingerprint density at radius 1 is 1.16 bits per heavy atom. The zero-order chi connectivity index (χ0) is 22.4. The number of anilines is 2. The molecule has 10 heteroatoms. The molecule has 0 aliphatic heterocycles. The van der Waals surface area contributed by atoms with Crippen LogP contribution in [0.3, 0.4) is 0 Å². The van der Waals surface area contributed by atoms with Gasteiger partial charge in [0, 0.05) is 23.5 Å². The Balaban J connectivity index is 1.58. The average Bonchev–Trinajstić information content (AvgIpc) is 3.14. The van der Waals surface area contributed by atoms with Crippen LogP contribution in [0.15, 0.2) is 48.5 Å². The van der Waals surface area contributed by atoms with E-state index >= 15 is 0 Å². The number of thiazole rings is 1. The summed E-state index contributed by atoms with van der Waals surface area (Å²) in [4.78, 5) is 39.6. The summed E-state index contributed by atoms with van der Waals surface area (Å²) in [6, 6.07) is 12.1. The van der Waals surface area contributed by atoms with Crippen molar-refractivity contribution in [3.8, 4) is 10.6 Å². The third kappa shape index (κ3) is 5.71. The molecule has 1 atom stereocenters. The molecule has 0 aliphatic rings. The van der Waals surface area contributed by atoms with Gasteiger partial charge in [0.1, 0.15) is 16.9 Å². The number of rotatable bonds is 7. The number of halogens is 1. The number of nitrogens with one attached hydrogen (secondary N) is 3. The number of carbonyl (C=O) groups is 3. The maximum Gasteiger partial charge on any atom is 0.313 e. The van der Waals surface area contributed by atoms with Crippen molar-refractivity contribution in [2.75, 3.05) is 17.2 Å². The maximum absolute atomic E-state index is 13.1. The van der Waals surface area contributed by atoms with E-state index in [1.165, 1.54) is 29.5 Å². The summed E-state index contributed by atoms with van der Waals surface area (Å²) in [6.45, 7) is 1.53. The van der Waals surface area contributed by atoms with Crippen molar-refractivity contribution < 1.29 is 23.9 Å². The van der Waals surface area contributed by atoms with Crippen LogP contribution >= 0.6 is 11.3 Å². The smallest absolute Gasteiger partial charge is 0.313 e. The Bertz CT molecular complexity index is 1100. The summed E-state index contributed by atoms with van der Waals surface area (Å²) in [5.74, 6) is -2.19. The second-order valence-corrected chi connectivity index (χ2v) is 7.53. The summed E-state index contributed by atoms with van der Waals surface area (Å²) < 4.78 is 13.1. The lowest BCUT2D eigenvalue weighted by Crippen LogP contribution is -2.37. The fourth-order valence-corrected chi connectivity index (χ4v) is 3.80. The normalized spacial score (nSPS) is 11.5. The lowest BCUT2D eigenvalue weighted by atomic mass is 10.2. The first-order chi connectivity index (χ1) is 14.9. The van der Waals surface area contributed by atoms with E-state index in [9.17, 15) is 23.9 Å². The minimum Gasteiger partial charge on any atom is -0.386 e. The summed E-state index contributed by atoms with van der Waals surface area (Å²) >= 11 is 1.22. The Hall–Kier alpha value is -3.63. The molecule has 3 aromatic rings. The highest BCUT2D eigenvalue weighted by Crippen LogP contribution is 2.31. The van der Waals surface area contributed by atoms with Crippen molar-refractivity contribution in [1.29, 1.82) is 0 Å². The molecule has 0 saturated heterocycles. The molecule has 0 fully saturated rings. The zero-order valence-corrected chi connectivity index (χ0v) is 17.2. The van der Waals surface area contributed by atoms with Gasteiger partial charge in [0.05, 0.1) is 10.6 Å². The molecule has 1 unspecified atom stereocenters. The number of aliphatic hydroxyl groups excluding tert-OH is 1. The predicted octanol–water partition coefficient (Wildman–Crippen LogP) is 2.61. The highest BCUT2D eigenvalue weighted by atomic mass is 32.1. The molecular formula is C21H19FN4O4S. The Morgan fingerprint density at radius 3 is 2.58 bits per heavy atom. The number of aryl methyl sites for hydroxylation is 1. The van der Waals surface area contributed by atoms with Crippen LogP contribution in [0.1, 0.15) is 16.7 Å². The van der Waals surface area contributed by atoms with Crippen molar-refractivity contribution in [2.45, 2.75) is 13.0 Å². The van der Waals surface area contributed by atoms with Crippen molar-refractivity contribution in [3.05, 3.63) is 64.9 Å². The van der Waals surface area contributed by atoms with Gasteiger partial charge >= 0.3 is 11.8 Å². The van der Waals surface area contributed by atoms with Crippen molar-refractivity contribution in [1.82, 2.24) is 10.3 Å². The van der Waals surface area contributed by atoms with Gasteiger partial charge in [-0.3, -0.25) is 14.4 Å². The Kier molecular flexibility index (Phi) is 7.06. The fraction of sp³-hybridized carbons (Fsp3) is 0.143. The first-order valence-electron chi connectivity index (χ1n) is 9.18. The minimum atomic E-state index is -1.07. The zero-order valence-electron chi connectivity index (χ0n) is 16.4. The van der Waals surface area contributed by atoms with Gasteiger partial charge in [-0.05, 0) is 49.4 Å². The van der Waals surface area contributed by atoms with Gasteiger partial charge in [0.15, 0.2) is 0 Å². The summed E-state index contributed by atoms with van der Waals surface area (Å²) in [5, 5.41) is 18.3. The van der Waals surface area contributed by atoms with E-state index in [1.54, 1.807) is 37.3 Å². The van der Waals surface area contributed by atoms with Gasteiger partial charge in [-0.1, -0.05) is 6.07 Å². The molecule has 1 aromatic heterocycles. The van der Waals surface area contributed by atoms with E-state index in [0.29, 0.717) is 38.9 Å². The average molecular weight is 442 g/mol. The van der Waals surface area contributed by atoms with Gasteiger partial charge in [-0.2, -0.15) is 0 Å².